The number of ether oxygens (including phenoxy) is 2. The minimum Gasteiger partial charge on any atom is -0.459 e. The second kappa shape index (κ2) is 42.5. The number of nitrogens with one attached hydrogen (secondary N) is 5. The molecule has 3 aromatic carbocycles. The number of benzene rings is 3. The third-order valence-electron chi connectivity index (χ3n) is 21.6. The number of carbonyl (C=O) groups excluding carboxylic acids is 6. The molecule has 4 amide bonds. The van der Waals surface area contributed by atoms with Crippen molar-refractivity contribution in [2.24, 2.45) is 27.6 Å². The molecule has 6 N–H and O–H groups in total. The number of carbonyl (C=O) groups is 6. The summed E-state index contributed by atoms with van der Waals surface area (Å²) in [5.41, 5.74) is 10.2. The molecule has 8 heterocycles. The average molecular weight is 1730 g/mol. The number of aryl methyl sites for hydroxylation is 1. The van der Waals surface area contributed by atoms with E-state index in [0.29, 0.717) is 129 Å². The first-order valence-corrected chi connectivity index (χ1v) is 43.0. The zero-order valence-electron chi connectivity index (χ0n) is 71.3. The first-order valence-electron chi connectivity index (χ1n) is 41.3. The number of ketones is 1. The predicted molar refractivity (Wildman–Crippen MR) is 467 cm³/mol. The van der Waals surface area contributed by atoms with Crippen LogP contribution in [0.5, 0.6) is 0 Å². The first-order chi connectivity index (χ1) is 58.2. The third kappa shape index (κ3) is 25.8. The summed E-state index contributed by atoms with van der Waals surface area (Å²) in [6, 6.07) is 23.8. The van der Waals surface area contributed by atoms with Gasteiger partial charge in [-0.15, -0.1) is 11.3 Å². The zero-order chi connectivity index (χ0) is 87.5. The number of rotatable bonds is 32. The highest BCUT2D eigenvalue weighted by molar-refractivity contribution is 7.13. The van der Waals surface area contributed by atoms with Crippen molar-refractivity contribution >= 4 is 92.7 Å². The van der Waals surface area contributed by atoms with Crippen molar-refractivity contribution < 1.29 is 53.0 Å². The summed E-state index contributed by atoms with van der Waals surface area (Å²) in [5.74, 6) is -3.10. The molecule has 3 aliphatic heterocycles. The quantitative estimate of drug-likeness (QED) is 0.00750. The predicted octanol–water partition coefficient (Wildman–Crippen LogP) is 11.6. The Hall–Kier alpha value is -10.6. The fourth-order valence-electron chi connectivity index (χ4n) is 15.0. The van der Waals surface area contributed by atoms with E-state index in [1.54, 1.807) is 74.8 Å². The Morgan fingerprint density at radius 3 is 1.75 bits per heavy atom. The van der Waals surface area contributed by atoms with Crippen LogP contribution in [0.25, 0.3) is 42.6 Å². The number of hydrogen-bond donors (Lipinski definition) is 6. The molecule has 4 fully saturated rings. The Morgan fingerprint density at radius 2 is 1.21 bits per heavy atom. The molecule has 0 radical (unpaired) electrons. The van der Waals surface area contributed by atoms with E-state index in [4.69, 9.17) is 55.5 Å². The molecule has 0 bridgehead atoms. The number of oxime groups is 2. The number of nitrogens with zero attached hydrogens (tertiary/aromatic N) is 16. The van der Waals surface area contributed by atoms with Crippen LogP contribution in [-0.4, -0.2) is 244 Å². The molecular weight excluding hydrogens is 1620 g/mol. The number of aliphatic hydroxyl groups excluding tert-OH is 1. The summed E-state index contributed by atoms with van der Waals surface area (Å²) in [7, 11) is 0. The molecule has 8 aromatic rings. The lowest BCUT2D eigenvalue weighted by Gasteiger charge is -2.36. The molecule has 1 aliphatic carbocycles. The topological polar surface area (TPSA) is 349 Å². The van der Waals surface area contributed by atoms with E-state index in [9.17, 15) is 33.9 Å². The molecule has 5 aromatic heterocycles. The summed E-state index contributed by atoms with van der Waals surface area (Å²) in [6.45, 7) is 46.8. The van der Waals surface area contributed by atoms with E-state index >= 15 is 0 Å². The van der Waals surface area contributed by atoms with Gasteiger partial charge in [-0.3, -0.25) is 62.8 Å². The number of thiazole rings is 1. The number of halogens is 2. The SMILES string of the molecule is [C-]#[N+]c1ccc(-c2ccn(C[C@H](C)NC(=O)c3cc(/C(C)=N/OCCN4CCN(CC(=O)N[C@H](C(=O)C5C[C@H](O)C[C@H]5C(=O)N[C@@H](C)c5ccc(-c6scnc6C)cc5)C(C)(C)C)CC4)n[nH]3)n2)cc1Cl.[C-]#[N+]c1ccc(-c2ccn(C[C@H](C)NC(=O)c3cc(/C(C)=N/OCCN4CCN(CC(=O)OC(C)(C)C)CC4)n(C4CCCCO4)n3)n2)cc1Cl. The minimum atomic E-state index is -0.852. The maximum Gasteiger partial charge on any atom is 0.320 e. The second-order valence-electron chi connectivity index (χ2n) is 33.6. The van der Waals surface area contributed by atoms with Gasteiger partial charge < -0.3 is 45.5 Å². The largest absolute Gasteiger partial charge is 0.459 e. The van der Waals surface area contributed by atoms with Crippen molar-refractivity contribution in [3.8, 4) is 33.0 Å². The van der Waals surface area contributed by atoms with Gasteiger partial charge in [0, 0.05) is 124 Å². The van der Waals surface area contributed by atoms with Crippen LogP contribution >= 0.6 is 34.5 Å². The van der Waals surface area contributed by atoms with E-state index in [1.165, 1.54) is 0 Å². The molecule has 8 atom stereocenters. The fourth-order valence-corrected chi connectivity index (χ4v) is 16.3. The molecule has 0 spiro atoms. The highest BCUT2D eigenvalue weighted by Crippen LogP contribution is 2.39. The van der Waals surface area contributed by atoms with Crippen molar-refractivity contribution in [2.75, 3.05) is 98.4 Å². The Labute approximate surface area is 726 Å². The molecule has 2 unspecified atom stereocenters. The van der Waals surface area contributed by atoms with Gasteiger partial charge >= 0.3 is 5.97 Å². The van der Waals surface area contributed by atoms with Gasteiger partial charge in [-0.25, -0.2) is 19.4 Å². The van der Waals surface area contributed by atoms with Crippen LogP contribution < -0.4 is 21.3 Å². The number of hydrogen-bond acceptors (Lipinski definition) is 23. The van der Waals surface area contributed by atoms with E-state index in [1.807, 2.05) is 137 Å². The molecule has 122 heavy (non-hydrogen) atoms. The lowest BCUT2D eigenvalue weighted by atomic mass is 9.77. The van der Waals surface area contributed by atoms with Gasteiger partial charge in [0.1, 0.15) is 41.6 Å². The summed E-state index contributed by atoms with van der Waals surface area (Å²) in [5, 5.41) is 53.1. The highest BCUT2D eigenvalue weighted by Gasteiger charge is 2.47. The van der Waals surface area contributed by atoms with Crippen LogP contribution in [0.1, 0.15) is 164 Å². The Balaban J connectivity index is 0.000000251. The number of esters is 1. The fraction of sp³-hybridized carbons (Fsp3) is 0.506. The Morgan fingerprint density at radius 1 is 0.664 bits per heavy atom. The molecule has 3 saturated heterocycles. The number of H-pyrrole nitrogens is 1. The lowest BCUT2D eigenvalue weighted by molar-refractivity contribution is -0.156. The number of aromatic amines is 1. The van der Waals surface area contributed by atoms with Gasteiger partial charge in [-0.1, -0.05) is 103 Å². The number of Topliss-reactive ketones (excluding diaryl/α,β-unsaturated/α-hetero) is 1. The van der Waals surface area contributed by atoms with E-state index in [0.717, 1.165) is 84.0 Å². The van der Waals surface area contributed by atoms with Crippen LogP contribution in [0.15, 0.2) is 113 Å². The van der Waals surface area contributed by atoms with Crippen LogP contribution in [0.2, 0.25) is 10.0 Å². The Kier molecular flexibility index (Phi) is 32.1. The van der Waals surface area contributed by atoms with Crippen molar-refractivity contribution in [3.63, 3.8) is 0 Å². The molecular formula is C87H111Cl2N21O11S. The summed E-state index contributed by atoms with van der Waals surface area (Å²) < 4.78 is 16.7. The van der Waals surface area contributed by atoms with Gasteiger partial charge in [0.15, 0.2) is 17.7 Å². The highest BCUT2D eigenvalue weighted by atomic mass is 35.5. The standard InChI is InChI=1S/C51H63ClN12O6S.C36H48ClN9O5/c1-30(27-64-16-15-41(60-64)36-13-14-42(53-8)40(52)23-36)55-50(69)44-26-43(58-59-44)32(3)61-70-22-21-62-17-19-63(20-18-62)28-45(66)57-48(51(5,6)7)46(67)38-24-37(65)25-39(38)49(68)56-31(2)34-9-11-35(12-10-34)47-33(4)54-29-71-47;1-25(23-45-13-12-29(40-45)27-10-11-30(38-6)28(37)21-27)39-35(48)31-22-32(46(41-31)33-9-7-8-19-49-33)26(2)42-50-20-18-43-14-16-44(17-15-43)24-34(47)51-36(3,4)5/h9-16,23,26,29-31,37-39,48,65H,17-22,24-25,27-28H2,1-7H3,(H,55,69)(H,56,68)(H,57,66)(H,58,59);10-13,21-22,25,33H,7-9,14-20,23-24H2,1-5H3,(H,39,48)/b61-32+;42-26+/t30-,31-,37-,38?,39+,48+;25-,33?/m00/s1. The van der Waals surface area contributed by atoms with Crippen molar-refractivity contribution in [1.82, 2.24) is 85.4 Å². The summed E-state index contributed by atoms with van der Waals surface area (Å²) >= 11 is 14.0. The maximum absolute atomic E-state index is 14.3. The van der Waals surface area contributed by atoms with E-state index in [-0.39, 0.29) is 90.5 Å². The minimum absolute atomic E-state index is 0.120. The van der Waals surface area contributed by atoms with Crippen molar-refractivity contribution in [2.45, 2.75) is 170 Å². The first kappa shape index (κ1) is 92.1. The number of aromatic nitrogens is 9. The van der Waals surface area contributed by atoms with Gasteiger partial charge in [-0.05, 0) is 147 Å². The van der Waals surface area contributed by atoms with Crippen LogP contribution in [0.3, 0.4) is 0 Å². The molecule has 650 valence electrons. The smallest absolute Gasteiger partial charge is 0.320 e. The van der Waals surface area contributed by atoms with Gasteiger partial charge in [0.25, 0.3) is 11.8 Å². The van der Waals surface area contributed by atoms with Crippen molar-refractivity contribution in [1.29, 1.82) is 0 Å². The van der Waals surface area contributed by atoms with Crippen LogP contribution in [0, 0.1) is 37.3 Å². The zero-order valence-corrected chi connectivity index (χ0v) is 73.7. The number of piperazine rings is 2. The normalized spacial score (nSPS) is 18.7. The molecule has 32 nitrogen and oxygen atoms in total. The molecule has 1 saturated carbocycles. The summed E-state index contributed by atoms with van der Waals surface area (Å²) in [6.07, 6.45) is 5.67. The maximum atomic E-state index is 14.3. The van der Waals surface area contributed by atoms with Gasteiger partial charge in [-0.2, -0.15) is 20.4 Å². The van der Waals surface area contributed by atoms with E-state index < -0.39 is 35.0 Å². The average Bonchev–Trinajstić information content (AvgIpc) is 1.60. The number of aliphatic hydroxyl groups is 1. The van der Waals surface area contributed by atoms with E-state index in [2.05, 4.69) is 91.3 Å². The monoisotopic (exact) mass is 1730 g/mol. The summed E-state index contributed by atoms with van der Waals surface area (Å²) in [4.78, 5) is 113. The van der Waals surface area contributed by atoms with Gasteiger partial charge in [0.05, 0.1) is 96.6 Å². The number of amides is 4. The lowest BCUT2D eigenvalue weighted by Crippen LogP contribution is -2.56. The van der Waals surface area contributed by atoms with Crippen molar-refractivity contribution in [3.05, 3.63) is 170 Å². The van der Waals surface area contributed by atoms with Crippen LogP contribution in [0.4, 0.5) is 11.4 Å². The third-order valence-corrected chi connectivity index (χ3v) is 23.2. The molecule has 12 rings (SSSR count). The molecule has 35 heteroatoms. The van der Waals surface area contributed by atoms with Crippen LogP contribution in [-0.2, 0) is 51.4 Å². The molecule has 4 aliphatic rings. The van der Waals surface area contributed by atoms with Gasteiger partial charge in [0.2, 0.25) is 23.2 Å². The Bertz CT molecular complexity index is 5080. The second-order valence-corrected chi connectivity index (χ2v) is 35.2.